The second-order valence-electron chi connectivity index (χ2n) is 6.24. The van der Waals surface area contributed by atoms with E-state index in [0.717, 1.165) is 15.6 Å². The summed E-state index contributed by atoms with van der Waals surface area (Å²) in [7, 11) is 0.717. The summed E-state index contributed by atoms with van der Waals surface area (Å²) in [4.78, 5) is 0.157. The van der Waals surface area contributed by atoms with E-state index in [4.69, 9.17) is 4.74 Å². The lowest BCUT2D eigenvalue weighted by Crippen LogP contribution is -2.22. The average molecular weight is 429 g/mol. The predicted octanol–water partition coefficient (Wildman–Crippen LogP) is 3.59. The first-order valence-electron chi connectivity index (χ1n) is 8.85. The average Bonchev–Trinajstić information content (AvgIpc) is 2.67. The van der Waals surface area contributed by atoms with Crippen LogP contribution in [0.4, 0.5) is 20.2 Å². The fraction of sp³-hybridized carbons (Fsp3) is 0.368. The van der Waals surface area contributed by atoms with Gasteiger partial charge in [-0.3, -0.25) is 0 Å². The standard InChI is InChI=1S/C19H25F2N3O4S/c1-5-22-15-8-7-14(29(25,26)24(2)3)11-16(15)23-12-13-6-9-17(28-19(20)21)18(10-13)27-4/h6-11,19,22-23H,5,12H2,1-4H3. The Bertz CT molecular complexity index is 937. The van der Waals surface area contributed by atoms with E-state index >= 15 is 0 Å². The van der Waals surface area contributed by atoms with Gasteiger partial charge in [0.1, 0.15) is 0 Å². The van der Waals surface area contributed by atoms with Gasteiger partial charge in [0.25, 0.3) is 0 Å². The number of nitrogens with one attached hydrogen (secondary N) is 2. The summed E-state index contributed by atoms with van der Waals surface area (Å²) in [6.45, 7) is -0.0465. The molecule has 0 spiro atoms. The molecule has 2 aromatic rings. The van der Waals surface area contributed by atoms with E-state index in [1.807, 2.05) is 6.92 Å². The minimum atomic E-state index is -3.58. The van der Waals surface area contributed by atoms with Gasteiger partial charge in [0.05, 0.1) is 23.4 Å². The highest BCUT2D eigenvalue weighted by molar-refractivity contribution is 7.89. The molecule has 0 aliphatic rings. The molecule has 0 heterocycles. The molecule has 2 rings (SSSR count). The molecule has 0 atom stereocenters. The summed E-state index contributed by atoms with van der Waals surface area (Å²) in [6, 6.07) is 9.40. The molecule has 29 heavy (non-hydrogen) atoms. The van der Waals surface area contributed by atoms with Gasteiger partial charge >= 0.3 is 6.61 Å². The van der Waals surface area contributed by atoms with E-state index in [-0.39, 0.29) is 16.4 Å². The zero-order chi connectivity index (χ0) is 21.6. The molecular formula is C19H25F2N3O4S. The van der Waals surface area contributed by atoms with Gasteiger partial charge in [-0.25, -0.2) is 12.7 Å². The predicted molar refractivity (Wildman–Crippen MR) is 108 cm³/mol. The Hall–Kier alpha value is -2.59. The van der Waals surface area contributed by atoms with Crippen LogP contribution in [-0.4, -0.2) is 47.1 Å². The SMILES string of the molecule is CCNc1ccc(S(=O)(=O)N(C)C)cc1NCc1ccc(OC(F)F)c(OC)c1. The molecule has 0 aromatic heterocycles. The number of alkyl halides is 2. The summed E-state index contributed by atoms with van der Waals surface area (Å²) in [5.41, 5.74) is 2.09. The minimum Gasteiger partial charge on any atom is -0.493 e. The van der Waals surface area contributed by atoms with E-state index in [1.165, 1.54) is 33.3 Å². The largest absolute Gasteiger partial charge is 0.493 e. The third kappa shape index (κ3) is 5.70. The molecule has 0 aliphatic heterocycles. The van der Waals surface area contributed by atoms with Crippen molar-refractivity contribution in [1.82, 2.24) is 4.31 Å². The Kier molecular flexibility index (Phi) is 7.63. The molecule has 10 heteroatoms. The van der Waals surface area contributed by atoms with Gasteiger partial charge in [-0.05, 0) is 42.8 Å². The summed E-state index contributed by atoms with van der Waals surface area (Å²) in [5.74, 6) is 0.124. The van der Waals surface area contributed by atoms with Crippen molar-refractivity contribution >= 4 is 21.4 Å². The zero-order valence-corrected chi connectivity index (χ0v) is 17.5. The number of hydrogen-bond acceptors (Lipinski definition) is 6. The second-order valence-corrected chi connectivity index (χ2v) is 8.39. The summed E-state index contributed by atoms with van der Waals surface area (Å²) in [5, 5.41) is 6.36. The maximum atomic E-state index is 12.5. The van der Waals surface area contributed by atoms with Gasteiger partial charge in [0.2, 0.25) is 10.0 Å². The van der Waals surface area contributed by atoms with Crippen LogP contribution in [0.5, 0.6) is 11.5 Å². The van der Waals surface area contributed by atoms with E-state index < -0.39 is 16.6 Å². The molecule has 0 saturated heterocycles. The maximum Gasteiger partial charge on any atom is 0.387 e. The van der Waals surface area contributed by atoms with Crippen LogP contribution in [0.25, 0.3) is 0 Å². The Balaban J connectivity index is 2.28. The molecule has 2 aromatic carbocycles. The number of nitrogens with zero attached hydrogens (tertiary/aromatic N) is 1. The Labute approximate surface area is 169 Å². The molecular weight excluding hydrogens is 404 g/mol. The fourth-order valence-corrected chi connectivity index (χ4v) is 3.53. The van der Waals surface area contributed by atoms with Crippen molar-refractivity contribution in [2.75, 3.05) is 38.4 Å². The van der Waals surface area contributed by atoms with Crippen LogP contribution in [0.2, 0.25) is 0 Å². The van der Waals surface area contributed by atoms with Gasteiger partial charge in [-0.2, -0.15) is 8.78 Å². The van der Waals surface area contributed by atoms with Crippen LogP contribution in [-0.2, 0) is 16.6 Å². The molecule has 0 aliphatic carbocycles. The number of ether oxygens (including phenoxy) is 2. The lowest BCUT2D eigenvalue weighted by Gasteiger charge is -2.17. The third-order valence-corrected chi connectivity index (χ3v) is 5.87. The Morgan fingerprint density at radius 3 is 2.34 bits per heavy atom. The van der Waals surface area contributed by atoms with Crippen molar-refractivity contribution in [2.24, 2.45) is 0 Å². The van der Waals surface area contributed by atoms with E-state index in [0.29, 0.717) is 18.8 Å². The number of anilines is 2. The van der Waals surface area contributed by atoms with Gasteiger partial charge in [-0.1, -0.05) is 6.07 Å². The van der Waals surface area contributed by atoms with Crippen molar-refractivity contribution in [3.05, 3.63) is 42.0 Å². The van der Waals surface area contributed by atoms with Crippen molar-refractivity contribution < 1.29 is 26.7 Å². The topological polar surface area (TPSA) is 79.9 Å². The molecule has 0 radical (unpaired) electrons. The summed E-state index contributed by atoms with van der Waals surface area (Å²) < 4.78 is 60.4. The number of hydrogen-bond donors (Lipinski definition) is 2. The Morgan fingerprint density at radius 1 is 1.03 bits per heavy atom. The van der Waals surface area contributed by atoms with Crippen LogP contribution in [0.1, 0.15) is 12.5 Å². The molecule has 0 bridgehead atoms. The summed E-state index contributed by atoms with van der Waals surface area (Å²) in [6.07, 6.45) is 0. The highest BCUT2D eigenvalue weighted by Crippen LogP contribution is 2.31. The lowest BCUT2D eigenvalue weighted by molar-refractivity contribution is -0.0512. The monoisotopic (exact) mass is 429 g/mol. The third-order valence-electron chi connectivity index (χ3n) is 4.06. The number of methoxy groups -OCH3 is 1. The molecule has 0 fully saturated rings. The number of sulfonamides is 1. The van der Waals surface area contributed by atoms with Gasteiger partial charge < -0.3 is 20.1 Å². The van der Waals surface area contributed by atoms with Crippen LogP contribution in [0, 0.1) is 0 Å². The van der Waals surface area contributed by atoms with Crippen molar-refractivity contribution in [1.29, 1.82) is 0 Å². The number of benzene rings is 2. The van der Waals surface area contributed by atoms with E-state index in [2.05, 4.69) is 15.4 Å². The van der Waals surface area contributed by atoms with Gasteiger partial charge in [0.15, 0.2) is 11.5 Å². The van der Waals surface area contributed by atoms with Crippen LogP contribution < -0.4 is 20.1 Å². The van der Waals surface area contributed by atoms with Gasteiger partial charge in [-0.15, -0.1) is 0 Å². The van der Waals surface area contributed by atoms with Gasteiger partial charge in [0, 0.05) is 27.2 Å². The van der Waals surface area contributed by atoms with E-state index in [1.54, 1.807) is 24.3 Å². The van der Waals surface area contributed by atoms with E-state index in [9.17, 15) is 17.2 Å². The smallest absolute Gasteiger partial charge is 0.387 e. The minimum absolute atomic E-state index is 0.0568. The molecule has 0 saturated carbocycles. The lowest BCUT2D eigenvalue weighted by atomic mass is 10.2. The molecule has 2 N–H and O–H groups in total. The van der Waals surface area contributed by atoms with Crippen molar-refractivity contribution in [2.45, 2.75) is 25.0 Å². The first-order valence-corrected chi connectivity index (χ1v) is 10.3. The molecule has 0 unspecified atom stereocenters. The first-order chi connectivity index (χ1) is 13.7. The summed E-state index contributed by atoms with van der Waals surface area (Å²) >= 11 is 0. The number of halogens is 2. The maximum absolute atomic E-state index is 12.5. The molecule has 160 valence electrons. The quantitative estimate of drug-likeness (QED) is 0.601. The van der Waals surface area contributed by atoms with Crippen LogP contribution >= 0.6 is 0 Å². The van der Waals surface area contributed by atoms with Crippen LogP contribution in [0.15, 0.2) is 41.3 Å². The second kappa shape index (κ2) is 9.75. The van der Waals surface area contributed by atoms with Crippen molar-refractivity contribution in [3.8, 4) is 11.5 Å². The normalized spacial score (nSPS) is 11.6. The molecule has 7 nitrogen and oxygen atoms in total. The van der Waals surface area contributed by atoms with Crippen LogP contribution in [0.3, 0.4) is 0 Å². The zero-order valence-electron chi connectivity index (χ0n) is 16.7. The number of rotatable bonds is 10. The molecule has 0 amide bonds. The Morgan fingerprint density at radius 2 is 1.76 bits per heavy atom. The fourth-order valence-electron chi connectivity index (χ4n) is 2.60. The first kappa shape index (κ1) is 22.7. The highest BCUT2D eigenvalue weighted by atomic mass is 32.2. The van der Waals surface area contributed by atoms with Crippen molar-refractivity contribution in [3.63, 3.8) is 0 Å². The highest BCUT2D eigenvalue weighted by Gasteiger charge is 2.19.